The van der Waals surface area contributed by atoms with E-state index in [9.17, 15) is 0 Å². The van der Waals surface area contributed by atoms with Gasteiger partial charge in [0.15, 0.2) is 0 Å². The fourth-order valence-electron chi connectivity index (χ4n) is 0. The Hall–Kier alpha value is 0.384. The molecular weight excluding hydrogens is 254 g/mol. The van der Waals surface area contributed by atoms with E-state index in [-0.39, 0.29) is 49.3 Å². The van der Waals surface area contributed by atoms with Gasteiger partial charge in [-0.3, -0.25) is 0 Å². The second-order valence-corrected chi connectivity index (χ2v) is 1.13. The molecule has 0 heterocycles. The molecule has 0 aromatic rings. The molecule has 0 rings (SSSR count). The quantitative estimate of drug-likeness (QED) is 0.385. The summed E-state index contributed by atoms with van der Waals surface area (Å²) in [6.07, 6.45) is 0. The largest absolute Gasteiger partial charge is 2.00 e. The van der Waals surface area contributed by atoms with Crippen molar-refractivity contribution in [3.8, 4) is 0 Å². The summed E-state index contributed by atoms with van der Waals surface area (Å²) in [5.41, 5.74) is 0. The Balaban J connectivity index is -0.00000000381. The molecule has 0 spiro atoms. The standard InChI is InChI=1S/ClHO4.Ni.6H2O/c2-1(3,4)5;;;;;;;/h(H,2,3,4,5);;6*1H2/q;+2;;;;;;/p-1. The SMILES string of the molecule is O.O.O.O.O.O.[Ni+2].[O-][Cl+3]([O-])([O-])[O-]. The van der Waals surface area contributed by atoms with E-state index < -0.39 is 10.2 Å². The molecule has 0 aliphatic rings. The van der Waals surface area contributed by atoms with E-state index in [2.05, 4.69) is 0 Å². The first-order chi connectivity index (χ1) is 2.00. The Bertz CT molecular complexity index is 25.3. The van der Waals surface area contributed by atoms with Crippen molar-refractivity contribution in [2.45, 2.75) is 0 Å². The second-order valence-electron chi connectivity index (χ2n) is 0.378. The van der Waals surface area contributed by atoms with Gasteiger partial charge in [-0.15, -0.1) is 10.2 Å². The summed E-state index contributed by atoms with van der Waals surface area (Å²) < 4.78 is 34.0. The van der Waals surface area contributed by atoms with Gasteiger partial charge in [0.05, 0.1) is 0 Å². The van der Waals surface area contributed by atoms with E-state index in [1.54, 1.807) is 0 Å². The Morgan fingerprint density at radius 1 is 0.500 bits per heavy atom. The zero-order valence-electron chi connectivity index (χ0n) is 5.33. The molecule has 0 saturated heterocycles. The first kappa shape index (κ1) is 83.5. The molecule has 12 heteroatoms. The van der Waals surface area contributed by atoms with E-state index in [0.717, 1.165) is 0 Å². The number of halogens is 1. The average molecular weight is 266 g/mol. The first-order valence-electron chi connectivity index (χ1n) is 0.617. The molecule has 0 aliphatic carbocycles. The van der Waals surface area contributed by atoms with Crippen molar-refractivity contribution < 1.29 is 78.2 Å². The zero-order chi connectivity index (χ0) is 4.50. The molecule has 12 N–H and O–H groups in total. The van der Waals surface area contributed by atoms with Crippen LogP contribution in [-0.4, -0.2) is 32.9 Å². The number of hydrogen-bond donors (Lipinski definition) is 0. The van der Waals surface area contributed by atoms with Gasteiger partial charge >= 0.3 is 16.5 Å². The van der Waals surface area contributed by atoms with Crippen LogP contribution in [0.4, 0.5) is 0 Å². The van der Waals surface area contributed by atoms with Gasteiger partial charge in [0.25, 0.3) is 0 Å². The summed E-state index contributed by atoms with van der Waals surface area (Å²) >= 11 is 0. The van der Waals surface area contributed by atoms with E-state index in [4.69, 9.17) is 18.6 Å². The van der Waals surface area contributed by atoms with Crippen molar-refractivity contribution in [1.29, 1.82) is 0 Å². The molecule has 88 valence electrons. The maximum atomic E-state index is 8.49. The van der Waals surface area contributed by atoms with Crippen LogP contribution in [-0.2, 0) is 16.5 Å². The third-order valence-electron chi connectivity index (χ3n) is 0. The van der Waals surface area contributed by atoms with Gasteiger partial charge in [0, 0.05) is 0 Å². The summed E-state index contributed by atoms with van der Waals surface area (Å²) in [5, 5.41) is 0. The Labute approximate surface area is 78.9 Å². The van der Waals surface area contributed by atoms with E-state index >= 15 is 0 Å². The van der Waals surface area contributed by atoms with Gasteiger partial charge in [-0.25, -0.2) is 18.6 Å². The first-order valence-corrected chi connectivity index (χ1v) is 1.85. The molecule has 0 fully saturated rings. The fraction of sp³-hybridized carbons (Fsp3) is 0. The van der Waals surface area contributed by atoms with Gasteiger partial charge in [0.1, 0.15) is 0 Å². The van der Waals surface area contributed by atoms with Crippen LogP contribution >= 0.6 is 0 Å². The normalized spacial score (nSPS) is 5.00. The van der Waals surface area contributed by atoms with Crippen molar-refractivity contribution in [1.82, 2.24) is 0 Å². The molecule has 12 heavy (non-hydrogen) atoms. The molecule has 0 aliphatic heterocycles. The molecule has 0 aromatic heterocycles. The van der Waals surface area contributed by atoms with Crippen molar-refractivity contribution in [3.63, 3.8) is 0 Å². The molecule has 0 bridgehead atoms. The topological polar surface area (TPSA) is 281 Å². The Morgan fingerprint density at radius 2 is 0.500 bits per heavy atom. The minimum absolute atomic E-state index is 0. The van der Waals surface area contributed by atoms with Crippen LogP contribution in [0.15, 0.2) is 0 Å². The molecule has 10 nitrogen and oxygen atoms in total. The van der Waals surface area contributed by atoms with Gasteiger partial charge in [-0.1, -0.05) is 0 Å². The molecule has 0 saturated carbocycles. The molecule has 0 amide bonds. The number of hydrogen-bond acceptors (Lipinski definition) is 4. The number of rotatable bonds is 0. The van der Waals surface area contributed by atoms with Gasteiger partial charge < -0.3 is 32.9 Å². The summed E-state index contributed by atoms with van der Waals surface area (Å²) in [7, 11) is -4.94. The fourth-order valence-corrected chi connectivity index (χ4v) is 0. The van der Waals surface area contributed by atoms with Crippen LogP contribution in [0.25, 0.3) is 0 Å². The summed E-state index contributed by atoms with van der Waals surface area (Å²) in [4.78, 5) is 0. The minimum Gasteiger partial charge on any atom is -0.412 e. The Morgan fingerprint density at radius 3 is 0.500 bits per heavy atom. The summed E-state index contributed by atoms with van der Waals surface area (Å²) in [6.45, 7) is 0. The molecule has 0 unspecified atom stereocenters. The predicted octanol–water partition coefficient (Wildman–Crippen LogP) is -9.71. The van der Waals surface area contributed by atoms with Gasteiger partial charge in [-0.2, -0.15) is 0 Å². The van der Waals surface area contributed by atoms with Crippen LogP contribution in [0.1, 0.15) is 0 Å². The van der Waals surface area contributed by atoms with Crippen molar-refractivity contribution in [2.24, 2.45) is 0 Å². The van der Waals surface area contributed by atoms with Crippen molar-refractivity contribution in [2.75, 3.05) is 0 Å². The van der Waals surface area contributed by atoms with E-state index in [0.29, 0.717) is 0 Å². The summed E-state index contributed by atoms with van der Waals surface area (Å²) in [5.74, 6) is 0. The van der Waals surface area contributed by atoms with E-state index in [1.807, 2.05) is 0 Å². The van der Waals surface area contributed by atoms with Crippen LogP contribution in [0, 0.1) is 10.2 Å². The monoisotopic (exact) mass is 265 g/mol. The second kappa shape index (κ2) is 30.1. The minimum atomic E-state index is -4.94. The van der Waals surface area contributed by atoms with Gasteiger partial charge in [-0.05, 0) is 0 Å². The maximum absolute atomic E-state index is 8.49. The van der Waals surface area contributed by atoms with Crippen LogP contribution < -0.4 is 18.6 Å². The van der Waals surface area contributed by atoms with Crippen LogP contribution in [0.2, 0.25) is 0 Å². The van der Waals surface area contributed by atoms with Crippen LogP contribution in [0.3, 0.4) is 0 Å². The average Bonchev–Trinajstić information content (AvgIpc) is 0.722. The van der Waals surface area contributed by atoms with Gasteiger partial charge in [0.2, 0.25) is 0 Å². The van der Waals surface area contributed by atoms with Crippen LogP contribution in [0.5, 0.6) is 0 Å². The smallest absolute Gasteiger partial charge is 0.412 e. The third-order valence-corrected chi connectivity index (χ3v) is 0. The molecule has 0 radical (unpaired) electrons. The molecule has 0 atom stereocenters. The van der Waals surface area contributed by atoms with Crippen molar-refractivity contribution >= 4 is 0 Å². The Kier molecular flexibility index (Phi) is 210. The molecular formula is H12ClNiO10+. The predicted molar refractivity (Wildman–Crippen MR) is 21.7 cm³/mol. The van der Waals surface area contributed by atoms with E-state index in [1.165, 1.54) is 0 Å². The maximum Gasteiger partial charge on any atom is 2.00 e. The summed E-state index contributed by atoms with van der Waals surface area (Å²) in [6, 6.07) is 0. The zero-order valence-corrected chi connectivity index (χ0v) is 7.07. The van der Waals surface area contributed by atoms with Crippen molar-refractivity contribution in [3.05, 3.63) is 0 Å². The molecule has 0 aromatic carbocycles. The third kappa shape index (κ3) is 6220.